The van der Waals surface area contributed by atoms with Crippen molar-refractivity contribution >= 4 is 16.5 Å². The molecule has 0 fully saturated rings. The van der Waals surface area contributed by atoms with Gasteiger partial charge in [-0.1, -0.05) is 13.8 Å². The van der Waals surface area contributed by atoms with Crippen LogP contribution in [0.1, 0.15) is 25.5 Å². The van der Waals surface area contributed by atoms with Crippen LogP contribution in [0.4, 0.5) is 5.13 Å². The van der Waals surface area contributed by atoms with Crippen LogP contribution in [0.15, 0.2) is 5.38 Å². The predicted octanol–water partition coefficient (Wildman–Crippen LogP) is 2.33. The Morgan fingerprint density at radius 1 is 1.45 bits per heavy atom. The number of hydrogen-bond acceptors (Lipinski definition) is 3. The molecule has 62 valence electrons. The van der Waals surface area contributed by atoms with Crippen molar-refractivity contribution in [2.24, 2.45) is 0 Å². The summed E-state index contributed by atoms with van der Waals surface area (Å²) < 4.78 is 0. The highest BCUT2D eigenvalue weighted by Crippen LogP contribution is 2.22. The quantitative estimate of drug-likeness (QED) is 0.677. The third-order valence-corrected chi connectivity index (χ3v) is 2.51. The maximum atomic E-state index is 4.45. The number of thiazole rings is 1. The fraction of sp³-hybridized carbons (Fsp3) is 0.625. The van der Waals surface area contributed by atoms with E-state index in [9.17, 15) is 0 Å². The predicted molar refractivity (Wildman–Crippen MR) is 50.5 cm³/mol. The first-order valence-electron chi connectivity index (χ1n) is 3.74. The van der Waals surface area contributed by atoms with Crippen molar-refractivity contribution in [1.29, 1.82) is 0 Å². The van der Waals surface area contributed by atoms with Crippen LogP contribution in [-0.4, -0.2) is 19.1 Å². The lowest BCUT2D eigenvalue weighted by Gasteiger charge is -2.05. The minimum absolute atomic E-state index is 0.542. The second kappa shape index (κ2) is 3.22. The molecule has 1 aromatic heterocycles. The van der Waals surface area contributed by atoms with Crippen LogP contribution in [0.25, 0.3) is 0 Å². The van der Waals surface area contributed by atoms with Gasteiger partial charge in [-0.3, -0.25) is 0 Å². The monoisotopic (exact) mass is 170 g/mol. The molecule has 0 aromatic carbocycles. The Labute approximate surface area is 71.9 Å². The second-order valence-electron chi connectivity index (χ2n) is 3.10. The summed E-state index contributed by atoms with van der Waals surface area (Å²) in [4.78, 5) is 6.49. The molecule has 0 unspecified atom stereocenters. The van der Waals surface area contributed by atoms with Gasteiger partial charge in [0.25, 0.3) is 0 Å². The molecular formula is C8H14N2S. The van der Waals surface area contributed by atoms with E-state index in [4.69, 9.17) is 0 Å². The van der Waals surface area contributed by atoms with Crippen LogP contribution >= 0.6 is 11.3 Å². The third-order valence-electron chi connectivity index (χ3n) is 1.48. The first-order valence-corrected chi connectivity index (χ1v) is 4.62. The fourth-order valence-corrected chi connectivity index (χ4v) is 1.67. The average molecular weight is 170 g/mol. The van der Waals surface area contributed by atoms with Crippen LogP contribution in [0, 0.1) is 0 Å². The van der Waals surface area contributed by atoms with Gasteiger partial charge >= 0.3 is 0 Å². The van der Waals surface area contributed by atoms with E-state index >= 15 is 0 Å². The van der Waals surface area contributed by atoms with Gasteiger partial charge in [0.05, 0.1) is 5.69 Å². The SMILES string of the molecule is CC(C)c1csc(N(C)C)n1. The van der Waals surface area contributed by atoms with E-state index in [1.807, 2.05) is 19.0 Å². The molecule has 0 bridgehead atoms. The van der Waals surface area contributed by atoms with E-state index in [1.54, 1.807) is 11.3 Å². The zero-order valence-corrected chi connectivity index (χ0v) is 8.27. The number of rotatable bonds is 2. The van der Waals surface area contributed by atoms with Gasteiger partial charge in [-0.05, 0) is 5.92 Å². The molecule has 0 aliphatic carbocycles. The molecule has 0 radical (unpaired) electrons. The zero-order valence-electron chi connectivity index (χ0n) is 7.46. The summed E-state index contributed by atoms with van der Waals surface area (Å²) in [6.45, 7) is 4.32. The van der Waals surface area contributed by atoms with E-state index in [1.165, 1.54) is 5.69 Å². The lowest BCUT2D eigenvalue weighted by molar-refractivity contribution is 0.830. The highest BCUT2D eigenvalue weighted by molar-refractivity contribution is 7.13. The summed E-state index contributed by atoms with van der Waals surface area (Å²) in [5.74, 6) is 0.542. The Hall–Kier alpha value is -0.570. The molecular weight excluding hydrogens is 156 g/mol. The molecule has 0 atom stereocenters. The molecule has 0 aliphatic heterocycles. The van der Waals surface area contributed by atoms with Crippen LogP contribution in [0.3, 0.4) is 0 Å². The van der Waals surface area contributed by atoms with Gasteiger partial charge in [0, 0.05) is 19.5 Å². The molecule has 0 spiro atoms. The molecule has 2 nitrogen and oxygen atoms in total. The van der Waals surface area contributed by atoms with Crippen LogP contribution in [0.5, 0.6) is 0 Å². The Bertz CT molecular complexity index is 205. The standard InChI is InChI=1S/C8H14N2S/c1-6(2)7-5-11-8(9-7)10(3)4/h5-6H,1-4H3. The lowest BCUT2D eigenvalue weighted by Crippen LogP contribution is -2.08. The number of aromatic nitrogens is 1. The minimum Gasteiger partial charge on any atom is -0.354 e. The normalized spacial score (nSPS) is 10.6. The zero-order chi connectivity index (χ0) is 8.43. The average Bonchev–Trinajstić information content (AvgIpc) is 2.33. The van der Waals surface area contributed by atoms with E-state index in [2.05, 4.69) is 24.2 Å². The molecule has 0 saturated carbocycles. The van der Waals surface area contributed by atoms with Crippen molar-refractivity contribution in [1.82, 2.24) is 4.98 Å². The molecule has 0 amide bonds. The molecule has 0 N–H and O–H groups in total. The van der Waals surface area contributed by atoms with E-state index in [-0.39, 0.29) is 0 Å². The maximum absolute atomic E-state index is 4.45. The number of hydrogen-bond donors (Lipinski definition) is 0. The van der Waals surface area contributed by atoms with Gasteiger partial charge in [-0.2, -0.15) is 0 Å². The summed E-state index contributed by atoms with van der Waals surface area (Å²) in [7, 11) is 4.03. The van der Waals surface area contributed by atoms with E-state index in [0.717, 1.165) is 5.13 Å². The first kappa shape index (κ1) is 8.53. The highest BCUT2D eigenvalue weighted by atomic mass is 32.1. The van der Waals surface area contributed by atoms with Crippen molar-refractivity contribution in [3.05, 3.63) is 11.1 Å². The van der Waals surface area contributed by atoms with Crippen molar-refractivity contribution in [3.63, 3.8) is 0 Å². The molecule has 1 heterocycles. The molecule has 0 aliphatic rings. The first-order chi connectivity index (χ1) is 5.11. The van der Waals surface area contributed by atoms with Crippen LogP contribution in [-0.2, 0) is 0 Å². The van der Waals surface area contributed by atoms with Gasteiger partial charge in [0.1, 0.15) is 0 Å². The second-order valence-corrected chi connectivity index (χ2v) is 3.94. The van der Waals surface area contributed by atoms with E-state index in [0.29, 0.717) is 5.92 Å². The van der Waals surface area contributed by atoms with Crippen molar-refractivity contribution < 1.29 is 0 Å². The van der Waals surface area contributed by atoms with E-state index < -0.39 is 0 Å². The Kier molecular flexibility index (Phi) is 2.49. The van der Waals surface area contributed by atoms with Gasteiger partial charge in [0.15, 0.2) is 5.13 Å². The number of anilines is 1. The molecule has 1 aromatic rings. The minimum atomic E-state index is 0.542. The topological polar surface area (TPSA) is 16.1 Å². The van der Waals surface area contributed by atoms with Gasteiger partial charge in [0.2, 0.25) is 0 Å². The summed E-state index contributed by atoms with van der Waals surface area (Å²) in [6, 6.07) is 0. The highest BCUT2D eigenvalue weighted by Gasteiger charge is 2.05. The van der Waals surface area contributed by atoms with Gasteiger partial charge in [-0.25, -0.2) is 4.98 Å². The lowest BCUT2D eigenvalue weighted by atomic mass is 10.2. The van der Waals surface area contributed by atoms with Crippen molar-refractivity contribution in [2.45, 2.75) is 19.8 Å². The smallest absolute Gasteiger partial charge is 0.184 e. The molecule has 11 heavy (non-hydrogen) atoms. The summed E-state index contributed by atoms with van der Waals surface area (Å²) in [6.07, 6.45) is 0. The van der Waals surface area contributed by atoms with Crippen LogP contribution < -0.4 is 4.90 Å². The molecule has 1 rings (SSSR count). The largest absolute Gasteiger partial charge is 0.354 e. The summed E-state index contributed by atoms with van der Waals surface area (Å²) >= 11 is 1.70. The van der Waals surface area contributed by atoms with Crippen molar-refractivity contribution in [3.8, 4) is 0 Å². The molecule has 0 saturated heterocycles. The van der Waals surface area contributed by atoms with Gasteiger partial charge in [-0.15, -0.1) is 11.3 Å². The fourth-order valence-electron chi connectivity index (χ4n) is 0.747. The van der Waals surface area contributed by atoms with Gasteiger partial charge < -0.3 is 4.90 Å². The van der Waals surface area contributed by atoms with Crippen molar-refractivity contribution in [2.75, 3.05) is 19.0 Å². The Morgan fingerprint density at radius 2 is 2.09 bits per heavy atom. The Morgan fingerprint density at radius 3 is 2.36 bits per heavy atom. The number of nitrogens with zero attached hydrogens (tertiary/aromatic N) is 2. The Balaban J connectivity index is 2.82. The van der Waals surface area contributed by atoms with Crippen LogP contribution in [0.2, 0.25) is 0 Å². The third kappa shape index (κ3) is 1.93. The molecule has 3 heteroatoms. The maximum Gasteiger partial charge on any atom is 0.184 e. The summed E-state index contributed by atoms with van der Waals surface area (Å²) in [5, 5.41) is 3.22. The summed E-state index contributed by atoms with van der Waals surface area (Å²) in [5.41, 5.74) is 1.19.